The van der Waals surface area contributed by atoms with Gasteiger partial charge in [0.1, 0.15) is 13.0 Å². The summed E-state index contributed by atoms with van der Waals surface area (Å²) in [7, 11) is 0. The summed E-state index contributed by atoms with van der Waals surface area (Å²) in [6.45, 7) is 0.0362. The van der Waals surface area contributed by atoms with Gasteiger partial charge in [-0.05, 0) is 5.56 Å². The van der Waals surface area contributed by atoms with Crippen molar-refractivity contribution in [3.8, 4) is 0 Å². The first-order valence-corrected chi connectivity index (χ1v) is 6.32. The van der Waals surface area contributed by atoms with Gasteiger partial charge in [0.15, 0.2) is 0 Å². The highest BCUT2D eigenvalue weighted by Gasteiger charge is 2.33. The standard InChI is InChI=1S/C14H13NO6/c16-11-6-7-12(17)15(11)21-14(19)8-13(18)20-9-10-4-2-1-3-5-10/h1-5H,6-9H2. The van der Waals surface area contributed by atoms with Gasteiger partial charge in [-0.3, -0.25) is 14.4 Å². The Labute approximate surface area is 120 Å². The van der Waals surface area contributed by atoms with Crippen molar-refractivity contribution in [2.75, 3.05) is 0 Å². The van der Waals surface area contributed by atoms with E-state index < -0.39 is 30.2 Å². The molecule has 0 N–H and O–H groups in total. The van der Waals surface area contributed by atoms with E-state index in [1.165, 1.54) is 0 Å². The number of benzene rings is 1. The summed E-state index contributed by atoms with van der Waals surface area (Å²) >= 11 is 0. The van der Waals surface area contributed by atoms with Gasteiger partial charge < -0.3 is 9.57 Å². The molecular formula is C14H13NO6. The average molecular weight is 291 g/mol. The Bertz CT molecular complexity index is 552. The molecule has 0 spiro atoms. The first kappa shape index (κ1) is 14.7. The van der Waals surface area contributed by atoms with Gasteiger partial charge in [0, 0.05) is 12.8 Å². The fraction of sp³-hybridized carbons (Fsp3) is 0.286. The summed E-state index contributed by atoms with van der Waals surface area (Å²) in [6.07, 6.45) is -0.654. The second-order valence-corrected chi connectivity index (χ2v) is 4.37. The normalized spacial score (nSPS) is 14.2. The predicted octanol–water partition coefficient (Wildman–Crippen LogP) is 0.727. The average Bonchev–Trinajstić information content (AvgIpc) is 2.78. The molecule has 1 aromatic carbocycles. The Hall–Kier alpha value is -2.70. The number of carbonyl (C=O) groups is 4. The Morgan fingerprint density at radius 3 is 2.24 bits per heavy atom. The zero-order valence-corrected chi connectivity index (χ0v) is 11.1. The molecule has 7 heteroatoms. The maximum absolute atomic E-state index is 11.5. The molecule has 1 saturated heterocycles. The van der Waals surface area contributed by atoms with Crippen LogP contribution in [0.1, 0.15) is 24.8 Å². The fourth-order valence-electron chi connectivity index (χ4n) is 1.70. The van der Waals surface area contributed by atoms with E-state index in [0.717, 1.165) is 5.56 Å². The van der Waals surface area contributed by atoms with E-state index in [-0.39, 0.29) is 19.4 Å². The molecule has 2 rings (SSSR count). The van der Waals surface area contributed by atoms with E-state index >= 15 is 0 Å². The van der Waals surface area contributed by atoms with Gasteiger partial charge in [-0.15, -0.1) is 5.06 Å². The summed E-state index contributed by atoms with van der Waals surface area (Å²) in [6, 6.07) is 8.96. The first-order chi connectivity index (χ1) is 10.1. The lowest BCUT2D eigenvalue weighted by atomic mass is 10.2. The van der Waals surface area contributed by atoms with Crippen LogP contribution in [0.3, 0.4) is 0 Å². The number of rotatable bonds is 5. The molecule has 0 bridgehead atoms. The first-order valence-electron chi connectivity index (χ1n) is 6.32. The second-order valence-electron chi connectivity index (χ2n) is 4.37. The molecule has 7 nitrogen and oxygen atoms in total. The monoisotopic (exact) mass is 291 g/mol. The van der Waals surface area contributed by atoms with E-state index in [9.17, 15) is 19.2 Å². The lowest BCUT2D eigenvalue weighted by Crippen LogP contribution is -2.32. The quantitative estimate of drug-likeness (QED) is 0.451. The lowest BCUT2D eigenvalue weighted by Gasteiger charge is -2.12. The summed E-state index contributed by atoms with van der Waals surface area (Å²) in [4.78, 5) is 49.9. The topological polar surface area (TPSA) is 90.0 Å². The summed E-state index contributed by atoms with van der Waals surface area (Å²) in [5.41, 5.74) is 0.782. The van der Waals surface area contributed by atoms with Crippen molar-refractivity contribution in [2.24, 2.45) is 0 Å². The third kappa shape index (κ3) is 4.13. The summed E-state index contributed by atoms with van der Waals surface area (Å²) in [5, 5.41) is 0.396. The van der Waals surface area contributed by atoms with Crippen molar-refractivity contribution in [1.29, 1.82) is 0 Å². The number of hydroxylamine groups is 2. The molecule has 110 valence electrons. The molecule has 2 amide bonds. The van der Waals surface area contributed by atoms with E-state index in [1.807, 2.05) is 6.07 Å². The number of ether oxygens (including phenoxy) is 1. The molecule has 1 fully saturated rings. The molecule has 0 unspecified atom stereocenters. The van der Waals surface area contributed by atoms with E-state index in [2.05, 4.69) is 4.84 Å². The van der Waals surface area contributed by atoms with Gasteiger partial charge in [-0.2, -0.15) is 0 Å². The zero-order valence-electron chi connectivity index (χ0n) is 11.1. The van der Waals surface area contributed by atoms with Crippen molar-refractivity contribution in [2.45, 2.75) is 25.9 Å². The number of imide groups is 1. The number of nitrogens with zero attached hydrogens (tertiary/aromatic N) is 1. The number of carbonyl (C=O) groups excluding carboxylic acids is 4. The number of amides is 2. The molecule has 0 radical (unpaired) electrons. The second kappa shape index (κ2) is 6.65. The van der Waals surface area contributed by atoms with Crippen LogP contribution < -0.4 is 0 Å². The fourth-order valence-corrected chi connectivity index (χ4v) is 1.70. The van der Waals surface area contributed by atoms with Crippen molar-refractivity contribution < 1.29 is 28.8 Å². The highest BCUT2D eigenvalue weighted by atomic mass is 16.7. The highest BCUT2D eigenvalue weighted by Crippen LogP contribution is 2.12. The molecule has 1 heterocycles. The minimum absolute atomic E-state index is 0.00453. The van der Waals surface area contributed by atoms with Crippen LogP contribution in [0.15, 0.2) is 30.3 Å². The zero-order chi connectivity index (χ0) is 15.2. The van der Waals surface area contributed by atoms with Crippen LogP contribution in [0.4, 0.5) is 0 Å². The number of hydrogen-bond donors (Lipinski definition) is 0. The van der Waals surface area contributed by atoms with Crippen molar-refractivity contribution >= 4 is 23.8 Å². The molecule has 0 aromatic heterocycles. The van der Waals surface area contributed by atoms with Gasteiger partial charge in [-0.1, -0.05) is 30.3 Å². The van der Waals surface area contributed by atoms with Crippen molar-refractivity contribution in [1.82, 2.24) is 5.06 Å². The number of hydrogen-bond acceptors (Lipinski definition) is 6. The van der Waals surface area contributed by atoms with E-state index in [1.54, 1.807) is 24.3 Å². The van der Waals surface area contributed by atoms with Crippen LogP contribution in [0, 0.1) is 0 Å². The van der Waals surface area contributed by atoms with E-state index in [4.69, 9.17) is 4.74 Å². The Kier molecular flexibility index (Phi) is 4.65. The highest BCUT2D eigenvalue weighted by molar-refractivity contribution is 6.02. The number of esters is 1. The molecule has 0 saturated carbocycles. The lowest BCUT2D eigenvalue weighted by molar-refractivity contribution is -0.198. The smallest absolute Gasteiger partial charge is 0.344 e. The van der Waals surface area contributed by atoms with Crippen LogP contribution in [-0.4, -0.2) is 28.8 Å². The molecule has 1 aromatic rings. The summed E-state index contributed by atoms with van der Waals surface area (Å²) < 4.78 is 4.89. The van der Waals surface area contributed by atoms with Crippen LogP contribution in [0.2, 0.25) is 0 Å². The molecule has 0 aliphatic carbocycles. The van der Waals surface area contributed by atoms with Gasteiger partial charge in [0.25, 0.3) is 11.8 Å². The maximum atomic E-state index is 11.5. The van der Waals surface area contributed by atoms with Gasteiger partial charge >= 0.3 is 11.9 Å². The third-order valence-electron chi connectivity index (χ3n) is 2.73. The van der Waals surface area contributed by atoms with Gasteiger partial charge in [-0.25, -0.2) is 4.79 Å². The van der Waals surface area contributed by atoms with Gasteiger partial charge in [0.05, 0.1) is 0 Å². The Morgan fingerprint density at radius 2 is 1.62 bits per heavy atom. The van der Waals surface area contributed by atoms with Crippen LogP contribution in [-0.2, 0) is 35.4 Å². The Balaban J connectivity index is 1.76. The molecule has 21 heavy (non-hydrogen) atoms. The molecule has 0 atom stereocenters. The molecular weight excluding hydrogens is 278 g/mol. The van der Waals surface area contributed by atoms with Crippen molar-refractivity contribution in [3.63, 3.8) is 0 Å². The van der Waals surface area contributed by atoms with Crippen LogP contribution in [0.5, 0.6) is 0 Å². The SMILES string of the molecule is O=C(CC(=O)ON1C(=O)CCC1=O)OCc1ccccc1. The third-order valence-corrected chi connectivity index (χ3v) is 2.73. The maximum Gasteiger partial charge on any atom is 0.344 e. The molecule has 1 aliphatic heterocycles. The van der Waals surface area contributed by atoms with E-state index in [0.29, 0.717) is 5.06 Å². The predicted molar refractivity (Wildman–Crippen MR) is 68.0 cm³/mol. The minimum Gasteiger partial charge on any atom is -0.460 e. The molecule has 1 aliphatic rings. The van der Waals surface area contributed by atoms with Crippen LogP contribution in [0.25, 0.3) is 0 Å². The van der Waals surface area contributed by atoms with Gasteiger partial charge in [0.2, 0.25) is 0 Å². The summed E-state index contributed by atoms with van der Waals surface area (Å²) in [5.74, 6) is -2.98. The Morgan fingerprint density at radius 1 is 1.00 bits per heavy atom. The van der Waals surface area contributed by atoms with Crippen LogP contribution >= 0.6 is 0 Å². The minimum atomic E-state index is -1.00. The van der Waals surface area contributed by atoms with Crippen molar-refractivity contribution in [3.05, 3.63) is 35.9 Å². The largest absolute Gasteiger partial charge is 0.460 e.